The summed E-state index contributed by atoms with van der Waals surface area (Å²) in [5.41, 5.74) is 2.65. The first-order valence-corrected chi connectivity index (χ1v) is 18.0. The van der Waals surface area contributed by atoms with Crippen molar-refractivity contribution in [1.82, 2.24) is 15.1 Å². The number of likely N-dealkylation sites (tertiary alicyclic amines) is 1. The van der Waals surface area contributed by atoms with E-state index in [1.165, 1.54) is 34.5 Å². The number of carbonyl (C=O) groups excluding carboxylic acids is 4. The van der Waals surface area contributed by atoms with E-state index in [0.29, 0.717) is 30.7 Å². The molecule has 0 aliphatic carbocycles. The van der Waals surface area contributed by atoms with Crippen LogP contribution >= 0.6 is 23.5 Å². The van der Waals surface area contributed by atoms with Crippen LogP contribution in [0.2, 0.25) is 0 Å². The third-order valence-corrected chi connectivity index (χ3v) is 10.4. The molecule has 3 aliphatic heterocycles. The van der Waals surface area contributed by atoms with Crippen LogP contribution in [-0.2, 0) is 37.1 Å². The van der Waals surface area contributed by atoms with E-state index in [0.717, 1.165) is 23.3 Å². The number of aliphatic carboxylic acids is 1. The number of aromatic hydroxyl groups is 1. The predicted molar refractivity (Wildman–Crippen MR) is 189 cm³/mol. The number of phenols is 1. The molecule has 51 heavy (non-hydrogen) atoms. The highest BCUT2D eigenvalue weighted by molar-refractivity contribution is 8.02. The number of hydrogen-bond acceptors (Lipinski definition) is 8. The first-order chi connectivity index (χ1) is 24.6. The van der Waals surface area contributed by atoms with E-state index >= 15 is 0 Å². The molecule has 0 bridgehead atoms. The molecule has 6 rings (SSSR count). The van der Waals surface area contributed by atoms with Gasteiger partial charge in [0.05, 0.1) is 5.75 Å². The van der Waals surface area contributed by atoms with Crippen molar-refractivity contribution in [2.24, 2.45) is 0 Å². The minimum atomic E-state index is -1.28. The first kappa shape index (κ1) is 35.4. The fourth-order valence-corrected chi connectivity index (χ4v) is 7.71. The van der Waals surface area contributed by atoms with Gasteiger partial charge in [-0.2, -0.15) is 4.57 Å². The van der Waals surface area contributed by atoms with Gasteiger partial charge in [-0.1, -0.05) is 30.3 Å². The summed E-state index contributed by atoms with van der Waals surface area (Å²) >= 11 is 2.63. The van der Waals surface area contributed by atoms with Crippen LogP contribution in [-0.4, -0.2) is 79.1 Å². The Balaban J connectivity index is 1.02. The Kier molecular flexibility index (Phi) is 10.9. The van der Waals surface area contributed by atoms with Gasteiger partial charge in [-0.3, -0.25) is 24.1 Å². The molecule has 0 unspecified atom stereocenters. The summed E-state index contributed by atoms with van der Waals surface area (Å²) < 4.78 is 15.2. The zero-order chi connectivity index (χ0) is 36.1. The first-order valence-electron chi connectivity index (χ1n) is 15.9. The average molecular weight is 731 g/mol. The number of aromatic nitrogens is 1. The van der Waals surface area contributed by atoms with Crippen LogP contribution in [0.4, 0.5) is 10.1 Å². The molecule has 2 fully saturated rings. The molecular formula is C36H33FN5O7S2+. The molecule has 262 valence electrons. The number of pyridine rings is 1. The van der Waals surface area contributed by atoms with Gasteiger partial charge in [-0.25, -0.2) is 9.18 Å². The van der Waals surface area contributed by atoms with Gasteiger partial charge in [0.15, 0.2) is 24.0 Å². The lowest BCUT2D eigenvalue weighted by atomic mass is 10.0. The fraction of sp³-hybridized carbons (Fsp3) is 0.222. The lowest BCUT2D eigenvalue weighted by Crippen LogP contribution is -2.70. The number of nitrogens with zero attached hydrogens (tertiary/aromatic N) is 3. The number of carboxylic acid groups (broad SMARTS) is 1. The second-order valence-electron chi connectivity index (χ2n) is 11.9. The van der Waals surface area contributed by atoms with E-state index in [2.05, 4.69) is 10.6 Å². The molecule has 15 heteroatoms. The monoisotopic (exact) mass is 730 g/mol. The molecule has 2 saturated heterocycles. The summed E-state index contributed by atoms with van der Waals surface area (Å²) in [6.45, 7) is 0.673. The van der Waals surface area contributed by atoms with Crippen molar-refractivity contribution in [3.8, 4) is 5.75 Å². The summed E-state index contributed by atoms with van der Waals surface area (Å²) in [5, 5.41) is 25.9. The normalized spacial score (nSPS) is 19.4. The second kappa shape index (κ2) is 15.6. The maximum absolute atomic E-state index is 13.6. The number of carboxylic acids is 1. The van der Waals surface area contributed by atoms with E-state index in [1.807, 2.05) is 36.4 Å². The quantitative estimate of drug-likeness (QED) is 0.0950. The summed E-state index contributed by atoms with van der Waals surface area (Å²) in [6.07, 6.45) is 7.23. The van der Waals surface area contributed by atoms with Crippen LogP contribution < -0.4 is 15.2 Å². The summed E-state index contributed by atoms with van der Waals surface area (Å²) in [6, 6.07) is 15.9. The Morgan fingerprint density at radius 3 is 2.55 bits per heavy atom. The zero-order valence-corrected chi connectivity index (χ0v) is 28.7. The van der Waals surface area contributed by atoms with Crippen molar-refractivity contribution in [3.05, 3.63) is 118 Å². The number of phenolic OH excluding ortho intramolecular Hbond substituents is 1. The number of benzene rings is 2. The van der Waals surface area contributed by atoms with Gasteiger partial charge >= 0.3 is 5.97 Å². The van der Waals surface area contributed by atoms with E-state index in [1.54, 1.807) is 45.5 Å². The maximum Gasteiger partial charge on any atom is 0.352 e. The van der Waals surface area contributed by atoms with Gasteiger partial charge in [0.2, 0.25) is 18.4 Å². The standard InChI is InChI=1S/C36H32FN5O7S2/c37-27-17-26(6-7-28(27)43)38-29(44)19-40-12-8-23(9-13-40)18-41-14-10-24(33(41)46)16-25-20-51-35-31(34(47)42(35)32(25)36(48)49)39-30(45)21-50-15-11-22-4-2-1-3-5-22/h1-9,11-13,15-17,31,35H,10,14,18-21H2,(H3-,38,39,43,44,45,48,49)/p+1/t31-,35-/m1/s1. The van der Waals surface area contributed by atoms with Crippen molar-refractivity contribution in [2.75, 3.05) is 23.4 Å². The topological polar surface area (TPSA) is 160 Å². The molecule has 2 atom stereocenters. The van der Waals surface area contributed by atoms with Gasteiger partial charge in [0.25, 0.3) is 11.8 Å². The molecule has 1 aromatic heterocycles. The van der Waals surface area contributed by atoms with Crippen LogP contribution in [0.3, 0.4) is 0 Å². The number of amides is 4. The highest BCUT2D eigenvalue weighted by Gasteiger charge is 2.54. The zero-order valence-electron chi connectivity index (χ0n) is 27.0. The SMILES string of the molecule is O=C(C[n+]1ccc(CN2CCC(=CC3=C(C(=O)O)N4C(=O)[C@@H](NC(=O)CSC=Cc5ccccc5)[C@H]4SC3)C2=O)cc1)Nc1ccc(O)c(F)c1. The highest BCUT2D eigenvalue weighted by Crippen LogP contribution is 2.41. The molecule has 4 amide bonds. The predicted octanol–water partition coefficient (Wildman–Crippen LogP) is 3.26. The van der Waals surface area contributed by atoms with Crippen LogP contribution in [0, 0.1) is 5.82 Å². The van der Waals surface area contributed by atoms with Crippen molar-refractivity contribution >= 4 is 64.9 Å². The average Bonchev–Trinajstić information content (AvgIpc) is 3.45. The smallest absolute Gasteiger partial charge is 0.352 e. The number of allylic oxidation sites excluding steroid dienone is 1. The number of halogens is 1. The van der Waals surface area contributed by atoms with Gasteiger partial charge in [0, 0.05) is 48.3 Å². The Bertz CT molecular complexity index is 1970. The molecule has 0 radical (unpaired) electrons. The molecule has 2 aromatic carbocycles. The lowest BCUT2D eigenvalue weighted by molar-refractivity contribution is -0.684. The van der Waals surface area contributed by atoms with Gasteiger partial charge < -0.3 is 25.7 Å². The lowest BCUT2D eigenvalue weighted by Gasteiger charge is -2.49. The van der Waals surface area contributed by atoms with Crippen molar-refractivity contribution in [3.63, 3.8) is 0 Å². The Hall–Kier alpha value is -5.41. The Labute approximate surface area is 300 Å². The fourth-order valence-electron chi connectivity index (χ4n) is 5.82. The van der Waals surface area contributed by atoms with Gasteiger partial charge in [-0.05, 0) is 52.8 Å². The third-order valence-electron chi connectivity index (χ3n) is 8.34. The number of rotatable bonds is 12. The molecule has 4 heterocycles. The van der Waals surface area contributed by atoms with Crippen molar-refractivity contribution in [1.29, 1.82) is 0 Å². The molecule has 3 aromatic rings. The molecular weight excluding hydrogens is 698 g/mol. The number of fused-ring (bicyclic) bond motifs is 1. The molecule has 12 nitrogen and oxygen atoms in total. The molecule has 3 aliphatic rings. The minimum Gasteiger partial charge on any atom is -0.505 e. The van der Waals surface area contributed by atoms with E-state index < -0.39 is 40.8 Å². The minimum absolute atomic E-state index is 0.0449. The van der Waals surface area contributed by atoms with Gasteiger partial charge in [-0.15, -0.1) is 23.5 Å². The van der Waals surface area contributed by atoms with E-state index in [9.17, 15) is 38.6 Å². The van der Waals surface area contributed by atoms with Crippen molar-refractivity contribution < 1.29 is 43.1 Å². The Morgan fingerprint density at radius 2 is 1.82 bits per heavy atom. The second-order valence-corrected chi connectivity index (χ2v) is 13.9. The van der Waals surface area contributed by atoms with Gasteiger partial charge in [0.1, 0.15) is 17.1 Å². The van der Waals surface area contributed by atoms with Crippen LogP contribution in [0.1, 0.15) is 17.5 Å². The number of anilines is 1. The van der Waals surface area contributed by atoms with E-state index in [-0.39, 0.29) is 41.2 Å². The Morgan fingerprint density at radius 1 is 1.06 bits per heavy atom. The summed E-state index contributed by atoms with van der Waals surface area (Å²) in [4.78, 5) is 66.6. The number of thioether (sulfide) groups is 2. The van der Waals surface area contributed by atoms with Crippen LogP contribution in [0.25, 0.3) is 6.08 Å². The molecule has 0 spiro atoms. The number of β-lactam (4-membered cyclic amide) rings is 1. The number of nitrogens with one attached hydrogen (secondary N) is 2. The summed E-state index contributed by atoms with van der Waals surface area (Å²) in [7, 11) is 0. The molecule has 0 saturated carbocycles. The molecule has 4 N–H and O–H groups in total. The third kappa shape index (κ3) is 8.32. The number of carbonyl (C=O) groups is 5. The number of hydrogen-bond donors (Lipinski definition) is 4. The van der Waals surface area contributed by atoms with Crippen LogP contribution in [0.5, 0.6) is 5.75 Å². The maximum atomic E-state index is 13.6. The van der Waals surface area contributed by atoms with Crippen LogP contribution in [0.15, 0.2) is 101 Å². The van der Waals surface area contributed by atoms with Crippen molar-refractivity contribution in [2.45, 2.75) is 30.9 Å². The largest absolute Gasteiger partial charge is 0.505 e. The van der Waals surface area contributed by atoms with E-state index in [4.69, 9.17) is 0 Å². The summed E-state index contributed by atoms with van der Waals surface area (Å²) in [5.74, 6) is -3.75. The highest BCUT2D eigenvalue weighted by atomic mass is 32.2.